The second-order valence-corrected chi connectivity index (χ2v) is 8.20. The predicted molar refractivity (Wildman–Crippen MR) is 107 cm³/mol. The molecule has 1 amide bonds. The lowest BCUT2D eigenvalue weighted by Crippen LogP contribution is -2.47. The van der Waals surface area contributed by atoms with Crippen LogP contribution in [0.4, 0.5) is 0 Å². The number of aliphatic hydroxyl groups is 1. The lowest BCUT2D eigenvalue weighted by Gasteiger charge is -2.43. The first kappa shape index (κ1) is 20.6. The van der Waals surface area contributed by atoms with Crippen LogP contribution in [0.5, 0.6) is 0 Å². The number of carbonyl (C=O) groups is 1. The van der Waals surface area contributed by atoms with Gasteiger partial charge in [-0.3, -0.25) is 4.79 Å². The highest BCUT2D eigenvalue weighted by Gasteiger charge is 2.36. The van der Waals surface area contributed by atoms with Crippen molar-refractivity contribution in [2.75, 3.05) is 33.4 Å². The Morgan fingerprint density at radius 1 is 1.37 bits per heavy atom. The molecule has 1 unspecified atom stereocenters. The number of amides is 1. The van der Waals surface area contributed by atoms with Gasteiger partial charge >= 0.3 is 0 Å². The van der Waals surface area contributed by atoms with Crippen molar-refractivity contribution >= 4 is 17.5 Å². The van der Waals surface area contributed by atoms with E-state index in [2.05, 4.69) is 17.4 Å². The predicted octanol–water partition coefficient (Wildman–Crippen LogP) is 2.94. The van der Waals surface area contributed by atoms with Crippen molar-refractivity contribution in [2.45, 2.75) is 50.7 Å². The largest absolute Gasteiger partial charge is 0.389 e. The summed E-state index contributed by atoms with van der Waals surface area (Å²) in [7, 11) is 1.56. The van der Waals surface area contributed by atoms with E-state index in [0.717, 1.165) is 18.0 Å². The summed E-state index contributed by atoms with van der Waals surface area (Å²) >= 11 is 6.30. The average Bonchev–Trinajstić information content (AvgIpc) is 2.67. The van der Waals surface area contributed by atoms with Crippen LogP contribution < -0.4 is 5.32 Å². The lowest BCUT2D eigenvalue weighted by atomic mass is 9.77. The van der Waals surface area contributed by atoms with Gasteiger partial charge in [0.25, 0.3) is 0 Å². The Labute approximate surface area is 167 Å². The number of nitrogens with zero attached hydrogens (tertiary/aromatic N) is 1. The molecule has 6 heteroatoms. The Morgan fingerprint density at radius 2 is 2.15 bits per heavy atom. The molecule has 1 heterocycles. The van der Waals surface area contributed by atoms with Gasteiger partial charge in [-0.25, -0.2) is 0 Å². The molecule has 0 saturated heterocycles. The maximum absolute atomic E-state index is 13.0. The lowest BCUT2D eigenvalue weighted by molar-refractivity contribution is -0.135. The van der Waals surface area contributed by atoms with Gasteiger partial charge in [-0.1, -0.05) is 36.9 Å². The third-order valence-corrected chi connectivity index (χ3v) is 6.05. The normalized spacial score (nSPS) is 21.7. The SMILES string of the molecule is COC[C@@H](O)CNCC(=O)N1CCc2ccc(Cl)cc2C1C1CCCCC1. The van der Waals surface area contributed by atoms with E-state index in [9.17, 15) is 9.90 Å². The maximum Gasteiger partial charge on any atom is 0.237 e. The first-order valence-electron chi connectivity index (χ1n) is 10.1. The van der Waals surface area contributed by atoms with E-state index in [-0.39, 0.29) is 25.1 Å². The van der Waals surface area contributed by atoms with Crippen molar-refractivity contribution in [3.63, 3.8) is 0 Å². The number of hydrogen-bond acceptors (Lipinski definition) is 4. The molecule has 1 aliphatic carbocycles. The molecule has 2 aliphatic rings. The summed E-state index contributed by atoms with van der Waals surface area (Å²) in [6, 6.07) is 6.25. The summed E-state index contributed by atoms with van der Waals surface area (Å²) < 4.78 is 4.93. The number of aliphatic hydroxyl groups excluding tert-OH is 1. The average molecular weight is 395 g/mol. The van der Waals surface area contributed by atoms with E-state index < -0.39 is 6.10 Å². The number of fused-ring (bicyclic) bond motifs is 1. The summed E-state index contributed by atoms with van der Waals surface area (Å²) in [5, 5.41) is 13.6. The molecule has 1 saturated carbocycles. The van der Waals surface area contributed by atoms with Crippen LogP contribution in [0.2, 0.25) is 5.02 Å². The van der Waals surface area contributed by atoms with E-state index in [1.165, 1.54) is 43.2 Å². The summed E-state index contributed by atoms with van der Waals surface area (Å²) in [6.07, 6.45) is 6.37. The first-order valence-corrected chi connectivity index (χ1v) is 10.4. The van der Waals surface area contributed by atoms with Gasteiger partial charge in [0.1, 0.15) is 0 Å². The van der Waals surface area contributed by atoms with Crippen molar-refractivity contribution in [3.8, 4) is 0 Å². The summed E-state index contributed by atoms with van der Waals surface area (Å²) in [6.45, 7) is 1.60. The minimum absolute atomic E-state index is 0.0980. The number of nitrogens with one attached hydrogen (secondary N) is 1. The van der Waals surface area contributed by atoms with Crippen LogP contribution in [0.15, 0.2) is 18.2 Å². The second-order valence-electron chi connectivity index (χ2n) is 7.76. The fourth-order valence-corrected chi connectivity index (χ4v) is 4.73. The van der Waals surface area contributed by atoms with Gasteiger partial charge in [-0.15, -0.1) is 0 Å². The van der Waals surface area contributed by atoms with Crippen LogP contribution in [-0.2, 0) is 16.0 Å². The zero-order chi connectivity index (χ0) is 19.2. The Balaban J connectivity index is 1.73. The van der Waals surface area contributed by atoms with Gasteiger partial charge in [0, 0.05) is 25.2 Å². The number of methoxy groups -OCH3 is 1. The van der Waals surface area contributed by atoms with E-state index in [1.807, 2.05) is 11.0 Å². The third-order valence-electron chi connectivity index (χ3n) is 5.82. The van der Waals surface area contributed by atoms with Crippen LogP contribution in [0.1, 0.15) is 49.3 Å². The number of carbonyl (C=O) groups excluding carboxylic acids is 1. The number of halogens is 1. The monoisotopic (exact) mass is 394 g/mol. The molecule has 1 fully saturated rings. The van der Waals surface area contributed by atoms with Crippen molar-refractivity contribution in [3.05, 3.63) is 34.3 Å². The molecule has 0 spiro atoms. The molecule has 1 aromatic carbocycles. The topological polar surface area (TPSA) is 61.8 Å². The number of rotatable bonds is 7. The summed E-state index contributed by atoms with van der Waals surface area (Å²) in [5.41, 5.74) is 2.55. The van der Waals surface area contributed by atoms with Gasteiger partial charge in [0.05, 0.1) is 25.3 Å². The molecule has 27 heavy (non-hydrogen) atoms. The quantitative estimate of drug-likeness (QED) is 0.746. The van der Waals surface area contributed by atoms with Crippen LogP contribution in [-0.4, -0.2) is 55.4 Å². The van der Waals surface area contributed by atoms with Gasteiger partial charge in [-0.2, -0.15) is 0 Å². The smallest absolute Gasteiger partial charge is 0.237 e. The van der Waals surface area contributed by atoms with Gasteiger partial charge in [-0.05, 0) is 48.4 Å². The van der Waals surface area contributed by atoms with Crippen LogP contribution >= 0.6 is 11.6 Å². The van der Waals surface area contributed by atoms with E-state index in [1.54, 1.807) is 7.11 Å². The standard InChI is InChI=1S/C21H31ClN2O3/c1-27-14-18(25)12-23-13-20(26)24-10-9-15-7-8-17(22)11-19(15)21(24)16-5-3-2-4-6-16/h7-8,11,16,18,21,23,25H,2-6,9-10,12-14H2,1H3/t18-,21?/m0/s1. The van der Waals surface area contributed by atoms with Gasteiger partial charge < -0.3 is 20.1 Å². The summed E-state index contributed by atoms with van der Waals surface area (Å²) in [4.78, 5) is 15.0. The highest BCUT2D eigenvalue weighted by Crippen LogP contribution is 2.42. The van der Waals surface area contributed by atoms with E-state index >= 15 is 0 Å². The number of benzene rings is 1. The minimum atomic E-state index is -0.599. The second kappa shape index (κ2) is 9.87. The Bertz CT molecular complexity index is 634. The highest BCUT2D eigenvalue weighted by molar-refractivity contribution is 6.30. The van der Waals surface area contributed by atoms with Crippen LogP contribution in [0.3, 0.4) is 0 Å². The molecule has 0 bridgehead atoms. The minimum Gasteiger partial charge on any atom is -0.389 e. The molecular weight excluding hydrogens is 364 g/mol. The summed E-state index contributed by atoms with van der Waals surface area (Å²) in [5.74, 6) is 0.597. The fourth-order valence-electron chi connectivity index (χ4n) is 4.55. The molecule has 0 aromatic heterocycles. The molecule has 1 aromatic rings. The van der Waals surface area contributed by atoms with Crippen LogP contribution in [0.25, 0.3) is 0 Å². The number of ether oxygens (including phenoxy) is 1. The third kappa shape index (κ3) is 5.23. The highest BCUT2D eigenvalue weighted by atomic mass is 35.5. The van der Waals surface area contributed by atoms with Crippen molar-refractivity contribution in [1.82, 2.24) is 10.2 Å². The Hall–Kier alpha value is -1.14. The Kier molecular flexibility index (Phi) is 7.53. The van der Waals surface area contributed by atoms with Crippen molar-refractivity contribution in [1.29, 1.82) is 0 Å². The van der Waals surface area contributed by atoms with Gasteiger partial charge in [0.2, 0.25) is 5.91 Å². The van der Waals surface area contributed by atoms with Crippen molar-refractivity contribution < 1.29 is 14.6 Å². The fraction of sp³-hybridized carbons (Fsp3) is 0.667. The molecule has 2 N–H and O–H groups in total. The molecule has 2 atom stereocenters. The molecule has 150 valence electrons. The Morgan fingerprint density at radius 3 is 2.89 bits per heavy atom. The number of hydrogen-bond donors (Lipinski definition) is 2. The van der Waals surface area contributed by atoms with E-state index in [0.29, 0.717) is 12.5 Å². The zero-order valence-electron chi connectivity index (χ0n) is 16.1. The van der Waals surface area contributed by atoms with Crippen molar-refractivity contribution in [2.24, 2.45) is 5.92 Å². The maximum atomic E-state index is 13.0. The molecule has 1 aliphatic heterocycles. The molecule has 0 radical (unpaired) electrons. The molecule has 3 rings (SSSR count). The van der Waals surface area contributed by atoms with Gasteiger partial charge in [0.15, 0.2) is 0 Å². The van der Waals surface area contributed by atoms with Crippen LogP contribution in [0, 0.1) is 5.92 Å². The first-order chi connectivity index (χ1) is 13.1. The molecular formula is C21H31ClN2O3. The molecule has 5 nitrogen and oxygen atoms in total. The van der Waals surface area contributed by atoms with E-state index in [4.69, 9.17) is 16.3 Å². The zero-order valence-corrected chi connectivity index (χ0v) is 16.9.